The molecule has 0 radical (unpaired) electrons. The molecule has 1 aromatic heterocycles. The number of carbonyl (C=O) groups excluding carboxylic acids is 1. The molecule has 2 rings (SSSR count). The zero-order valence-electron chi connectivity index (χ0n) is 9.02. The third-order valence-electron chi connectivity index (χ3n) is 2.62. The van der Waals surface area contributed by atoms with E-state index in [1.54, 1.807) is 23.2 Å². The molecule has 1 amide bonds. The van der Waals surface area contributed by atoms with Gasteiger partial charge in [0, 0.05) is 12.7 Å². The molecule has 1 aliphatic heterocycles. The fraction of sp³-hybridized carbons (Fsp3) is 0.455. The molecule has 1 aliphatic rings. The van der Waals surface area contributed by atoms with Gasteiger partial charge in [-0.15, -0.1) is 0 Å². The fourth-order valence-electron chi connectivity index (χ4n) is 1.73. The van der Waals surface area contributed by atoms with Crippen LogP contribution < -0.4 is 0 Å². The van der Waals surface area contributed by atoms with Gasteiger partial charge in [0.15, 0.2) is 0 Å². The normalized spacial score (nSPS) is 20.9. The molecule has 4 nitrogen and oxygen atoms in total. The minimum absolute atomic E-state index is 0.0751. The van der Waals surface area contributed by atoms with E-state index in [1.165, 1.54) is 0 Å². The van der Waals surface area contributed by atoms with Crippen molar-refractivity contribution in [1.82, 2.24) is 9.88 Å². The van der Waals surface area contributed by atoms with Crippen LogP contribution in [0.15, 0.2) is 18.3 Å². The van der Waals surface area contributed by atoms with Crippen molar-refractivity contribution in [3.05, 3.63) is 29.0 Å². The number of rotatable bonds is 1. The van der Waals surface area contributed by atoms with Gasteiger partial charge in [0.25, 0.3) is 5.91 Å². The Bertz CT molecular complexity index is 397. The average molecular weight is 241 g/mol. The number of amides is 1. The molecule has 0 saturated carbocycles. The molecule has 0 N–H and O–H groups in total. The molecule has 1 fully saturated rings. The van der Waals surface area contributed by atoms with Crippen molar-refractivity contribution in [1.29, 1.82) is 0 Å². The van der Waals surface area contributed by atoms with Crippen LogP contribution in [0.4, 0.5) is 0 Å². The molecule has 0 spiro atoms. The predicted octanol–water partition coefficient (Wildman–Crippen LogP) is 1.60. The Morgan fingerprint density at radius 2 is 2.50 bits per heavy atom. The summed E-state index contributed by atoms with van der Waals surface area (Å²) in [6.45, 7) is 3.71. The summed E-state index contributed by atoms with van der Waals surface area (Å²) in [6, 6.07) is 3.49. The summed E-state index contributed by atoms with van der Waals surface area (Å²) >= 11 is 5.90. The molecule has 2 heterocycles. The lowest BCUT2D eigenvalue weighted by Gasteiger charge is -2.33. The zero-order valence-corrected chi connectivity index (χ0v) is 9.78. The monoisotopic (exact) mass is 240 g/mol. The van der Waals surface area contributed by atoms with E-state index < -0.39 is 0 Å². The van der Waals surface area contributed by atoms with Crippen LogP contribution in [0, 0.1) is 0 Å². The molecule has 5 heteroatoms. The maximum Gasteiger partial charge on any atom is 0.257 e. The number of hydrogen-bond acceptors (Lipinski definition) is 3. The molecule has 0 aromatic carbocycles. The molecule has 1 saturated heterocycles. The van der Waals surface area contributed by atoms with Crippen LogP contribution in [0.25, 0.3) is 0 Å². The Balaban J connectivity index is 2.21. The predicted molar refractivity (Wildman–Crippen MR) is 60.6 cm³/mol. The number of pyridine rings is 1. The number of hydrogen-bond donors (Lipinski definition) is 0. The van der Waals surface area contributed by atoms with E-state index in [0.29, 0.717) is 25.3 Å². The van der Waals surface area contributed by atoms with Gasteiger partial charge >= 0.3 is 0 Å². The van der Waals surface area contributed by atoms with Crippen molar-refractivity contribution in [3.8, 4) is 0 Å². The quantitative estimate of drug-likeness (QED) is 0.701. The van der Waals surface area contributed by atoms with Crippen LogP contribution in [-0.4, -0.2) is 41.6 Å². The van der Waals surface area contributed by atoms with Crippen LogP contribution in [0.3, 0.4) is 0 Å². The van der Waals surface area contributed by atoms with Crippen LogP contribution in [-0.2, 0) is 4.74 Å². The summed E-state index contributed by atoms with van der Waals surface area (Å²) in [5, 5.41) is 0.256. The summed E-state index contributed by atoms with van der Waals surface area (Å²) in [5.41, 5.74) is 0.456. The number of aromatic nitrogens is 1. The Morgan fingerprint density at radius 1 is 1.69 bits per heavy atom. The molecule has 86 valence electrons. The molecule has 1 atom stereocenters. The molecule has 1 unspecified atom stereocenters. The summed E-state index contributed by atoms with van der Waals surface area (Å²) in [6.07, 6.45) is 1.57. The Kier molecular flexibility index (Phi) is 3.41. The highest BCUT2D eigenvalue weighted by Gasteiger charge is 2.26. The number of ether oxygens (including phenoxy) is 1. The van der Waals surface area contributed by atoms with Gasteiger partial charge in [0.05, 0.1) is 24.8 Å². The van der Waals surface area contributed by atoms with Crippen molar-refractivity contribution in [2.45, 2.75) is 13.0 Å². The van der Waals surface area contributed by atoms with Gasteiger partial charge in [-0.1, -0.05) is 11.6 Å². The van der Waals surface area contributed by atoms with E-state index in [9.17, 15) is 4.79 Å². The lowest BCUT2D eigenvalue weighted by molar-refractivity contribution is 0.00358. The SMILES string of the molecule is CC1COCCN1C(=O)c1cccnc1Cl. The smallest absolute Gasteiger partial charge is 0.257 e. The Hall–Kier alpha value is -1.13. The van der Waals surface area contributed by atoms with E-state index >= 15 is 0 Å². The van der Waals surface area contributed by atoms with E-state index in [4.69, 9.17) is 16.3 Å². The first-order chi connectivity index (χ1) is 7.70. The summed E-state index contributed by atoms with van der Waals surface area (Å²) < 4.78 is 5.29. The van der Waals surface area contributed by atoms with Crippen LogP contribution in [0.5, 0.6) is 0 Å². The highest BCUT2D eigenvalue weighted by molar-refractivity contribution is 6.32. The minimum Gasteiger partial charge on any atom is -0.377 e. The molecular weight excluding hydrogens is 228 g/mol. The van der Waals surface area contributed by atoms with Gasteiger partial charge in [-0.05, 0) is 19.1 Å². The van der Waals surface area contributed by atoms with Gasteiger partial charge in [-0.2, -0.15) is 0 Å². The summed E-state index contributed by atoms with van der Waals surface area (Å²) in [4.78, 5) is 17.9. The highest BCUT2D eigenvalue weighted by Crippen LogP contribution is 2.17. The van der Waals surface area contributed by atoms with Crippen LogP contribution >= 0.6 is 11.6 Å². The standard InChI is InChI=1S/C11H13ClN2O2/c1-8-7-16-6-5-14(8)11(15)9-3-2-4-13-10(9)12/h2-4,8H,5-7H2,1H3. The van der Waals surface area contributed by atoms with E-state index in [0.717, 1.165) is 0 Å². The molecule has 16 heavy (non-hydrogen) atoms. The summed E-state index contributed by atoms with van der Waals surface area (Å²) in [7, 11) is 0. The molecule has 0 bridgehead atoms. The zero-order chi connectivity index (χ0) is 11.5. The Labute approximate surface area is 99.2 Å². The average Bonchev–Trinajstić information content (AvgIpc) is 2.29. The third kappa shape index (κ3) is 2.18. The van der Waals surface area contributed by atoms with Crippen LogP contribution in [0.2, 0.25) is 5.15 Å². The maximum atomic E-state index is 12.2. The molecule has 1 aromatic rings. The third-order valence-corrected chi connectivity index (χ3v) is 2.92. The van der Waals surface area contributed by atoms with Gasteiger partial charge in [0.1, 0.15) is 5.15 Å². The number of nitrogens with zero attached hydrogens (tertiary/aromatic N) is 2. The molecular formula is C11H13ClN2O2. The molecule has 0 aliphatic carbocycles. The maximum absolute atomic E-state index is 12.2. The second kappa shape index (κ2) is 4.80. The van der Waals surface area contributed by atoms with Gasteiger partial charge in [-0.25, -0.2) is 4.98 Å². The van der Waals surface area contributed by atoms with Crippen molar-refractivity contribution in [2.24, 2.45) is 0 Å². The first kappa shape index (κ1) is 11.4. The van der Waals surface area contributed by atoms with E-state index in [2.05, 4.69) is 4.98 Å². The van der Waals surface area contributed by atoms with Gasteiger partial charge in [-0.3, -0.25) is 4.79 Å². The van der Waals surface area contributed by atoms with Crippen molar-refractivity contribution >= 4 is 17.5 Å². The van der Waals surface area contributed by atoms with Gasteiger partial charge < -0.3 is 9.64 Å². The fourth-order valence-corrected chi connectivity index (χ4v) is 1.93. The van der Waals surface area contributed by atoms with E-state index in [1.807, 2.05) is 6.92 Å². The first-order valence-electron chi connectivity index (χ1n) is 5.19. The van der Waals surface area contributed by atoms with Gasteiger partial charge in [0.2, 0.25) is 0 Å². The highest BCUT2D eigenvalue weighted by atomic mass is 35.5. The van der Waals surface area contributed by atoms with Crippen molar-refractivity contribution in [3.63, 3.8) is 0 Å². The largest absolute Gasteiger partial charge is 0.377 e. The number of halogens is 1. The van der Waals surface area contributed by atoms with E-state index in [-0.39, 0.29) is 17.1 Å². The minimum atomic E-state index is -0.0751. The Morgan fingerprint density at radius 3 is 3.19 bits per heavy atom. The topological polar surface area (TPSA) is 42.4 Å². The van der Waals surface area contributed by atoms with Crippen molar-refractivity contribution < 1.29 is 9.53 Å². The van der Waals surface area contributed by atoms with Crippen molar-refractivity contribution in [2.75, 3.05) is 19.8 Å². The van der Waals surface area contributed by atoms with Crippen LogP contribution in [0.1, 0.15) is 17.3 Å². The number of morpholine rings is 1. The second-order valence-electron chi connectivity index (χ2n) is 3.76. The second-order valence-corrected chi connectivity index (χ2v) is 4.12. The number of carbonyl (C=O) groups is 1. The first-order valence-corrected chi connectivity index (χ1v) is 5.57. The lowest BCUT2D eigenvalue weighted by Crippen LogP contribution is -2.47. The lowest BCUT2D eigenvalue weighted by atomic mass is 10.2. The summed E-state index contributed by atoms with van der Waals surface area (Å²) in [5.74, 6) is -0.0751.